The van der Waals surface area contributed by atoms with E-state index in [1.54, 1.807) is 10.8 Å². The van der Waals surface area contributed by atoms with Crippen LogP contribution in [0.15, 0.2) is 18.5 Å². The van der Waals surface area contributed by atoms with Crippen LogP contribution in [-0.4, -0.2) is 56.9 Å². The highest BCUT2D eigenvalue weighted by Crippen LogP contribution is 2.26. The van der Waals surface area contributed by atoms with Crippen molar-refractivity contribution in [3.8, 4) is 0 Å². The number of fused-ring (bicyclic) bond motifs is 1. The summed E-state index contributed by atoms with van der Waals surface area (Å²) in [5.41, 5.74) is 0.803. The summed E-state index contributed by atoms with van der Waals surface area (Å²) in [5, 5.41) is 12.6. The van der Waals surface area contributed by atoms with Gasteiger partial charge in [-0.25, -0.2) is 0 Å². The Hall–Kier alpha value is -1.69. The van der Waals surface area contributed by atoms with Gasteiger partial charge in [-0.2, -0.15) is 4.52 Å². The van der Waals surface area contributed by atoms with Gasteiger partial charge in [-0.05, 0) is 37.8 Å². The van der Waals surface area contributed by atoms with Gasteiger partial charge in [0.1, 0.15) is 12.1 Å². The van der Waals surface area contributed by atoms with Crippen LogP contribution >= 0.6 is 0 Å². The molecular weight excluding hydrogens is 288 g/mol. The maximum Gasteiger partial charge on any atom is 0.177 e. The van der Waals surface area contributed by atoms with Crippen molar-refractivity contribution in [1.82, 2.24) is 24.7 Å². The molecule has 2 fully saturated rings. The lowest BCUT2D eigenvalue weighted by atomic mass is 9.88. The fourth-order valence-corrected chi connectivity index (χ4v) is 4.15. The zero-order valence-corrected chi connectivity index (χ0v) is 13.9. The minimum atomic E-state index is 0.494. The Morgan fingerprint density at radius 2 is 2.00 bits per heavy atom. The molecular formula is C17H26N6. The number of aromatic nitrogens is 4. The molecule has 0 N–H and O–H groups in total. The topological polar surface area (TPSA) is 49.6 Å². The predicted octanol–water partition coefficient (Wildman–Crippen LogP) is 2.22. The smallest absolute Gasteiger partial charge is 0.177 e. The number of nitrogens with zero attached hydrogens (tertiary/aromatic N) is 6. The van der Waals surface area contributed by atoms with E-state index in [1.165, 1.54) is 38.6 Å². The molecule has 0 unspecified atom stereocenters. The van der Waals surface area contributed by atoms with E-state index in [9.17, 15) is 0 Å². The summed E-state index contributed by atoms with van der Waals surface area (Å²) >= 11 is 0. The largest absolute Gasteiger partial charge is 0.350 e. The molecule has 2 aromatic rings. The minimum absolute atomic E-state index is 0.494. The molecule has 1 saturated heterocycles. The molecule has 6 nitrogen and oxygen atoms in total. The highest BCUT2D eigenvalue weighted by molar-refractivity contribution is 5.46. The van der Waals surface area contributed by atoms with Crippen molar-refractivity contribution in [2.75, 3.05) is 31.1 Å². The van der Waals surface area contributed by atoms with E-state index < -0.39 is 0 Å². The third-order valence-corrected chi connectivity index (χ3v) is 5.39. The van der Waals surface area contributed by atoms with Gasteiger partial charge in [0.05, 0.1) is 0 Å². The molecule has 3 heterocycles. The van der Waals surface area contributed by atoms with Crippen molar-refractivity contribution in [2.45, 2.75) is 45.1 Å². The Bertz CT molecular complexity index is 647. The number of rotatable bonds is 3. The predicted molar refractivity (Wildman–Crippen MR) is 90.6 cm³/mol. The number of hydrogen-bond donors (Lipinski definition) is 0. The Labute approximate surface area is 137 Å². The standard InChI is InChI=1S/C17H26N6/c1-14-11-21(12-15-5-3-2-4-6-15)9-10-22(14)17-8-7-16-19-18-13-23(16)20-17/h7-8,13-15H,2-6,9-12H2,1H3/t14-/m0/s1. The molecule has 124 valence electrons. The first-order valence-electron chi connectivity index (χ1n) is 8.95. The molecule has 6 heteroatoms. The zero-order chi connectivity index (χ0) is 15.6. The Kier molecular flexibility index (Phi) is 4.16. The summed E-state index contributed by atoms with van der Waals surface area (Å²) in [6, 6.07) is 4.56. The fraction of sp³-hybridized carbons (Fsp3) is 0.706. The van der Waals surface area contributed by atoms with E-state index >= 15 is 0 Å². The molecule has 1 aliphatic carbocycles. The van der Waals surface area contributed by atoms with Crippen molar-refractivity contribution >= 4 is 11.5 Å². The molecule has 2 aromatic heterocycles. The lowest BCUT2D eigenvalue weighted by Gasteiger charge is -2.42. The quantitative estimate of drug-likeness (QED) is 0.869. The van der Waals surface area contributed by atoms with Crippen LogP contribution in [-0.2, 0) is 0 Å². The van der Waals surface area contributed by atoms with Gasteiger partial charge in [0, 0.05) is 32.2 Å². The summed E-state index contributed by atoms with van der Waals surface area (Å²) in [5.74, 6) is 1.95. The molecule has 0 amide bonds. The fourth-order valence-electron chi connectivity index (χ4n) is 4.15. The summed E-state index contributed by atoms with van der Waals surface area (Å²) in [6.45, 7) is 6.93. The SMILES string of the molecule is C[C@H]1CN(CC2CCCCC2)CCN1c1ccc2nncn2n1. The lowest BCUT2D eigenvalue weighted by molar-refractivity contribution is 0.174. The first-order chi connectivity index (χ1) is 11.3. The normalized spacial score (nSPS) is 24.4. The van der Waals surface area contributed by atoms with E-state index in [1.807, 2.05) is 6.07 Å². The highest BCUT2D eigenvalue weighted by Gasteiger charge is 2.27. The van der Waals surface area contributed by atoms with E-state index in [0.29, 0.717) is 6.04 Å². The van der Waals surface area contributed by atoms with Crippen molar-refractivity contribution in [3.63, 3.8) is 0 Å². The molecule has 23 heavy (non-hydrogen) atoms. The molecule has 4 rings (SSSR count). The second-order valence-electron chi connectivity index (χ2n) is 7.13. The van der Waals surface area contributed by atoms with Gasteiger partial charge >= 0.3 is 0 Å². The van der Waals surface area contributed by atoms with Crippen LogP contribution in [0.5, 0.6) is 0 Å². The van der Waals surface area contributed by atoms with Crippen molar-refractivity contribution in [1.29, 1.82) is 0 Å². The van der Waals surface area contributed by atoms with Crippen molar-refractivity contribution in [3.05, 3.63) is 18.5 Å². The molecule has 2 aliphatic rings. The van der Waals surface area contributed by atoms with E-state index in [4.69, 9.17) is 0 Å². The second kappa shape index (κ2) is 6.43. The second-order valence-corrected chi connectivity index (χ2v) is 7.13. The molecule has 1 aliphatic heterocycles. The van der Waals surface area contributed by atoms with Gasteiger partial charge < -0.3 is 4.90 Å². The maximum atomic E-state index is 4.65. The van der Waals surface area contributed by atoms with E-state index in [0.717, 1.165) is 37.0 Å². The van der Waals surface area contributed by atoms with Crippen LogP contribution < -0.4 is 4.90 Å². The lowest BCUT2D eigenvalue weighted by Crippen LogP contribution is -2.53. The number of hydrogen-bond acceptors (Lipinski definition) is 5. The van der Waals surface area contributed by atoms with E-state index in [2.05, 4.69) is 38.1 Å². The average Bonchev–Trinajstić information content (AvgIpc) is 3.03. The summed E-state index contributed by atoms with van der Waals surface area (Å²) < 4.78 is 1.76. The number of anilines is 1. The van der Waals surface area contributed by atoms with Crippen molar-refractivity contribution in [2.24, 2.45) is 5.92 Å². The minimum Gasteiger partial charge on any atom is -0.350 e. The summed E-state index contributed by atoms with van der Waals surface area (Å²) in [4.78, 5) is 5.07. The summed E-state index contributed by atoms with van der Waals surface area (Å²) in [6.07, 6.45) is 8.84. The Morgan fingerprint density at radius 3 is 2.83 bits per heavy atom. The Balaban J connectivity index is 1.40. The van der Waals surface area contributed by atoms with Crippen LogP contribution in [0.3, 0.4) is 0 Å². The van der Waals surface area contributed by atoms with Gasteiger partial charge in [-0.15, -0.1) is 15.3 Å². The zero-order valence-electron chi connectivity index (χ0n) is 13.9. The molecule has 0 spiro atoms. The van der Waals surface area contributed by atoms with Gasteiger partial charge in [-0.1, -0.05) is 19.3 Å². The van der Waals surface area contributed by atoms with Crippen LogP contribution in [0.2, 0.25) is 0 Å². The van der Waals surface area contributed by atoms with Gasteiger partial charge in [0.25, 0.3) is 0 Å². The van der Waals surface area contributed by atoms with Crippen LogP contribution in [0.4, 0.5) is 5.82 Å². The first-order valence-corrected chi connectivity index (χ1v) is 8.95. The summed E-state index contributed by atoms with van der Waals surface area (Å²) in [7, 11) is 0. The highest BCUT2D eigenvalue weighted by atomic mass is 15.4. The first kappa shape index (κ1) is 14.9. The molecule has 0 bridgehead atoms. The van der Waals surface area contributed by atoms with Gasteiger partial charge in [0.15, 0.2) is 5.65 Å². The third-order valence-electron chi connectivity index (χ3n) is 5.39. The molecule has 1 atom stereocenters. The number of piperazine rings is 1. The monoisotopic (exact) mass is 314 g/mol. The molecule has 0 aromatic carbocycles. The Morgan fingerprint density at radius 1 is 1.13 bits per heavy atom. The van der Waals surface area contributed by atoms with Crippen LogP contribution in [0.25, 0.3) is 5.65 Å². The third kappa shape index (κ3) is 3.17. The van der Waals surface area contributed by atoms with Gasteiger partial charge in [-0.3, -0.25) is 4.90 Å². The average molecular weight is 314 g/mol. The maximum absolute atomic E-state index is 4.65. The molecule has 0 radical (unpaired) electrons. The van der Waals surface area contributed by atoms with Gasteiger partial charge in [0.2, 0.25) is 0 Å². The van der Waals surface area contributed by atoms with Crippen molar-refractivity contribution < 1.29 is 0 Å². The van der Waals surface area contributed by atoms with Crippen LogP contribution in [0.1, 0.15) is 39.0 Å². The molecule has 1 saturated carbocycles. The van der Waals surface area contributed by atoms with E-state index in [-0.39, 0.29) is 0 Å². The van der Waals surface area contributed by atoms with Crippen LogP contribution in [0, 0.1) is 5.92 Å².